The lowest BCUT2D eigenvalue weighted by Gasteiger charge is -2.11. The van der Waals surface area contributed by atoms with E-state index in [1.54, 1.807) is 60.8 Å². The Balaban J connectivity index is 1.76. The van der Waals surface area contributed by atoms with Gasteiger partial charge in [0.2, 0.25) is 0 Å². The SMILES string of the molecule is COC(=O)c1ccc(Cl)c(N=Cc2ccc(OCc3cccc(C(=O)O)c3)c(OC)c2)c1. The van der Waals surface area contributed by atoms with Crippen molar-refractivity contribution in [1.29, 1.82) is 0 Å². The van der Waals surface area contributed by atoms with Gasteiger partial charge in [-0.1, -0.05) is 23.7 Å². The summed E-state index contributed by atoms with van der Waals surface area (Å²) in [4.78, 5) is 27.2. The van der Waals surface area contributed by atoms with E-state index in [1.807, 2.05) is 0 Å². The lowest BCUT2D eigenvalue weighted by molar-refractivity contribution is 0.0600. The second-order valence-electron chi connectivity index (χ2n) is 6.62. The molecule has 0 aliphatic carbocycles. The molecule has 3 aromatic carbocycles. The van der Waals surface area contributed by atoms with E-state index in [0.717, 1.165) is 11.1 Å². The maximum Gasteiger partial charge on any atom is 0.337 e. The number of nitrogens with zero attached hydrogens (tertiary/aromatic N) is 1. The number of benzene rings is 3. The number of hydrogen-bond acceptors (Lipinski definition) is 6. The number of hydrogen-bond donors (Lipinski definition) is 1. The fourth-order valence-corrected chi connectivity index (χ4v) is 3.01. The summed E-state index contributed by atoms with van der Waals surface area (Å²) in [5.41, 5.74) is 2.41. The van der Waals surface area contributed by atoms with Crippen LogP contribution in [-0.4, -0.2) is 37.5 Å². The van der Waals surface area contributed by atoms with Crippen LogP contribution in [0.5, 0.6) is 11.5 Å². The number of aromatic carboxylic acids is 1. The van der Waals surface area contributed by atoms with E-state index in [2.05, 4.69) is 4.99 Å². The summed E-state index contributed by atoms with van der Waals surface area (Å²) in [7, 11) is 2.82. The van der Waals surface area contributed by atoms with Crippen LogP contribution in [0.1, 0.15) is 31.8 Å². The summed E-state index contributed by atoms with van der Waals surface area (Å²) in [6.45, 7) is 0.181. The van der Waals surface area contributed by atoms with E-state index in [4.69, 9.17) is 30.9 Å². The Morgan fingerprint density at radius 3 is 2.53 bits per heavy atom. The van der Waals surface area contributed by atoms with Crippen molar-refractivity contribution in [2.75, 3.05) is 14.2 Å². The van der Waals surface area contributed by atoms with Crippen molar-refractivity contribution in [3.05, 3.63) is 87.9 Å². The van der Waals surface area contributed by atoms with Gasteiger partial charge in [-0.15, -0.1) is 0 Å². The number of rotatable bonds is 8. The first kappa shape index (κ1) is 22.8. The van der Waals surface area contributed by atoms with Gasteiger partial charge in [0, 0.05) is 6.21 Å². The first-order valence-electron chi connectivity index (χ1n) is 9.46. The molecule has 0 bridgehead atoms. The van der Waals surface area contributed by atoms with Crippen molar-refractivity contribution in [1.82, 2.24) is 0 Å². The number of halogens is 1. The Kier molecular flexibility index (Phi) is 7.46. The molecule has 0 fully saturated rings. The molecule has 1 N–H and O–H groups in total. The minimum absolute atomic E-state index is 0.181. The fraction of sp³-hybridized carbons (Fsp3) is 0.125. The molecular formula is C24H20ClNO6. The highest BCUT2D eigenvalue weighted by Gasteiger charge is 2.10. The molecule has 3 rings (SSSR count). The first-order valence-corrected chi connectivity index (χ1v) is 9.84. The number of methoxy groups -OCH3 is 2. The molecular weight excluding hydrogens is 434 g/mol. The molecule has 7 nitrogen and oxygen atoms in total. The average Bonchev–Trinajstić information content (AvgIpc) is 2.82. The molecule has 0 amide bonds. The molecule has 0 aliphatic heterocycles. The molecule has 0 aromatic heterocycles. The maximum atomic E-state index is 11.7. The number of ether oxygens (including phenoxy) is 3. The highest BCUT2D eigenvalue weighted by atomic mass is 35.5. The zero-order chi connectivity index (χ0) is 23.1. The average molecular weight is 454 g/mol. The van der Waals surface area contributed by atoms with Crippen molar-refractivity contribution < 1.29 is 28.9 Å². The van der Waals surface area contributed by atoms with E-state index >= 15 is 0 Å². The van der Waals surface area contributed by atoms with Crippen LogP contribution >= 0.6 is 11.6 Å². The Labute approximate surface area is 189 Å². The van der Waals surface area contributed by atoms with E-state index in [0.29, 0.717) is 27.8 Å². The van der Waals surface area contributed by atoms with Crippen LogP contribution in [0.3, 0.4) is 0 Å². The van der Waals surface area contributed by atoms with Crippen LogP contribution in [0.25, 0.3) is 0 Å². The number of carbonyl (C=O) groups is 2. The highest BCUT2D eigenvalue weighted by molar-refractivity contribution is 6.33. The molecule has 0 aliphatic rings. The van der Waals surface area contributed by atoms with Crippen molar-refractivity contribution in [2.45, 2.75) is 6.61 Å². The summed E-state index contributed by atoms with van der Waals surface area (Å²) >= 11 is 6.18. The monoisotopic (exact) mass is 453 g/mol. The second kappa shape index (κ2) is 10.5. The summed E-state index contributed by atoms with van der Waals surface area (Å²) in [6.07, 6.45) is 1.59. The van der Waals surface area contributed by atoms with Gasteiger partial charge in [0.05, 0.1) is 36.1 Å². The standard InChI is InChI=1S/C24H20ClNO6/c1-30-22-11-15(13-26-20-12-18(24(29)31-2)7-8-19(20)25)6-9-21(22)32-14-16-4-3-5-17(10-16)23(27)28/h3-13H,14H2,1-2H3,(H,27,28). The predicted molar refractivity (Wildman–Crippen MR) is 121 cm³/mol. The quantitative estimate of drug-likeness (QED) is 0.374. The van der Waals surface area contributed by atoms with Crippen LogP contribution in [0.15, 0.2) is 65.7 Å². The molecule has 0 unspecified atom stereocenters. The van der Waals surface area contributed by atoms with E-state index in [9.17, 15) is 9.59 Å². The van der Waals surface area contributed by atoms with Gasteiger partial charge < -0.3 is 19.3 Å². The summed E-state index contributed by atoms with van der Waals surface area (Å²) < 4.78 is 15.9. The van der Waals surface area contributed by atoms with Gasteiger partial charge in [-0.25, -0.2) is 9.59 Å². The van der Waals surface area contributed by atoms with Gasteiger partial charge in [-0.2, -0.15) is 0 Å². The molecule has 164 valence electrons. The zero-order valence-corrected chi connectivity index (χ0v) is 18.1. The molecule has 0 saturated carbocycles. The maximum absolute atomic E-state index is 11.7. The smallest absolute Gasteiger partial charge is 0.337 e. The number of carboxylic acid groups (broad SMARTS) is 1. The third-order valence-corrected chi connectivity index (χ3v) is 4.80. The van der Waals surface area contributed by atoms with Crippen LogP contribution in [0.4, 0.5) is 5.69 Å². The largest absolute Gasteiger partial charge is 0.493 e. The lowest BCUT2D eigenvalue weighted by Crippen LogP contribution is -2.01. The van der Waals surface area contributed by atoms with Gasteiger partial charge in [0.15, 0.2) is 11.5 Å². The minimum Gasteiger partial charge on any atom is -0.493 e. The third kappa shape index (κ3) is 5.65. The predicted octanol–water partition coefficient (Wildman–Crippen LogP) is 5.16. The third-order valence-electron chi connectivity index (χ3n) is 4.48. The Bertz CT molecular complexity index is 1170. The summed E-state index contributed by atoms with van der Waals surface area (Å²) in [6, 6.07) is 16.5. The van der Waals surface area contributed by atoms with E-state index in [-0.39, 0.29) is 12.2 Å². The second-order valence-corrected chi connectivity index (χ2v) is 7.03. The number of esters is 1. The van der Waals surface area contributed by atoms with Crippen molar-refractivity contribution >= 4 is 35.4 Å². The first-order chi connectivity index (χ1) is 15.4. The molecule has 0 radical (unpaired) electrons. The Morgan fingerprint density at radius 1 is 1.00 bits per heavy atom. The molecule has 0 heterocycles. The van der Waals surface area contributed by atoms with Gasteiger partial charge in [0.1, 0.15) is 6.61 Å². The van der Waals surface area contributed by atoms with Gasteiger partial charge in [-0.3, -0.25) is 4.99 Å². The molecule has 0 spiro atoms. The molecule has 0 atom stereocenters. The van der Waals surface area contributed by atoms with E-state index in [1.165, 1.54) is 20.3 Å². The van der Waals surface area contributed by atoms with Crippen LogP contribution in [0, 0.1) is 0 Å². The van der Waals surface area contributed by atoms with Crippen molar-refractivity contribution in [3.8, 4) is 11.5 Å². The molecule has 0 saturated heterocycles. The molecule has 8 heteroatoms. The lowest BCUT2D eigenvalue weighted by atomic mass is 10.1. The van der Waals surface area contributed by atoms with Crippen LogP contribution < -0.4 is 9.47 Å². The van der Waals surface area contributed by atoms with E-state index < -0.39 is 11.9 Å². The van der Waals surface area contributed by atoms with Crippen molar-refractivity contribution in [2.24, 2.45) is 4.99 Å². The Hall–Kier alpha value is -3.84. The summed E-state index contributed by atoms with van der Waals surface area (Å²) in [5.74, 6) is -0.491. The van der Waals surface area contributed by atoms with Crippen LogP contribution in [0.2, 0.25) is 5.02 Å². The van der Waals surface area contributed by atoms with Gasteiger partial charge in [0.25, 0.3) is 0 Å². The van der Waals surface area contributed by atoms with Crippen molar-refractivity contribution in [3.63, 3.8) is 0 Å². The zero-order valence-electron chi connectivity index (χ0n) is 17.4. The number of aliphatic imine (C=N–C) groups is 1. The summed E-state index contributed by atoms with van der Waals surface area (Å²) in [5, 5.41) is 9.50. The molecule has 32 heavy (non-hydrogen) atoms. The normalized spacial score (nSPS) is 10.7. The topological polar surface area (TPSA) is 94.4 Å². The number of carboxylic acids is 1. The Morgan fingerprint density at radius 2 is 1.81 bits per heavy atom. The number of carbonyl (C=O) groups excluding carboxylic acids is 1. The van der Waals surface area contributed by atoms with Gasteiger partial charge >= 0.3 is 11.9 Å². The highest BCUT2D eigenvalue weighted by Crippen LogP contribution is 2.30. The fourth-order valence-electron chi connectivity index (χ4n) is 2.84. The molecule has 3 aromatic rings. The minimum atomic E-state index is -0.995. The van der Waals surface area contributed by atoms with Crippen LogP contribution in [-0.2, 0) is 11.3 Å². The van der Waals surface area contributed by atoms with Gasteiger partial charge in [-0.05, 0) is 59.7 Å².